The van der Waals surface area contributed by atoms with Gasteiger partial charge in [0.2, 0.25) is 0 Å². The fourth-order valence-electron chi connectivity index (χ4n) is 3.81. The quantitative estimate of drug-likeness (QED) is 0.212. The molecule has 5 unspecified atom stereocenters. The first-order valence-corrected chi connectivity index (χ1v) is 12.3. The van der Waals surface area contributed by atoms with Crippen LogP contribution in [0, 0.1) is 0 Å². The van der Waals surface area contributed by atoms with Crippen molar-refractivity contribution < 1.29 is 47.7 Å². The summed E-state index contributed by atoms with van der Waals surface area (Å²) in [6, 6.07) is 9.07. The van der Waals surface area contributed by atoms with Gasteiger partial charge in [-0.3, -0.25) is 28.9 Å². The molecule has 0 saturated carbocycles. The first-order valence-electron chi connectivity index (χ1n) is 11.1. The standard InChI is InChI=1S/C24H25NO10S2/c1-12(26)31-11-17-19(32-13(2)27)20(33-14(3)28)21(34-15(4)29)23(35-17)25-22(30)18(37-24(25)36)10-16-8-6-5-7-9-16/h5-10,17,19-21,23H,11H2,1-4H3. The van der Waals surface area contributed by atoms with E-state index >= 15 is 0 Å². The van der Waals surface area contributed by atoms with Crippen LogP contribution in [-0.4, -0.2) is 76.3 Å². The minimum Gasteiger partial charge on any atom is -0.463 e. The maximum absolute atomic E-state index is 13.5. The predicted octanol–water partition coefficient (Wildman–Crippen LogP) is 1.97. The Hall–Kier alpha value is -3.29. The zero-order valence-electron chi connectivity index (χ0n) is 20.4. The van der Waals surface area contributed by atoms with Crippen molar-refractivity contribution in [1.29, 1.82) is 0 Å². The molecule has 1 aromatic carbocycles. The van der Waals surface area contributed by atoms with E-state index in [0.29, 0.717) is 0 Å². The van der Waals surface area contributed by atoms with E-state index in [4.69, 9.17) is 35.9 Å². The van der Waals surface area contributed by atoms with E-state index in [1.54, 1.807) is 18.2 Å². The first-order chi connectivity index (χ1) is 17.5. The summed E-state index contributed by atoms with van der Waals surface area (Å²) in [4.78, 5) is 62.3. The Balaban J connectivity index is 2.05. The topological polar surface area (TPSA) is 135 Å². The number of nitrogens with zero attached hydrogens (tertiary/aromatic N) is 1. The van der Waals surface area contributed by atoms with Gasteiger partial charge in [-0.2, -0.15) is 0 Å². The molecule has 1 aromatic rings. The van der Waals surface area contributed by atoms with E-state index in [2.05, 4.69) is 0 Å². The van der Waals surface area contributed by atoms with E-state index in [1.807, 2.05) is 18.2 Å². The number of amides is 1. The molecule has 0 N–H and O–H groups in total. The largest absolute Gasteiger partial charge is 0.463 e. The number of carbonyl (C=O) groups excluding carboxylic acids is 5. The first kappa shape index (κ1) is 28.3. The van der Waals surface area contributed by atoms with Crippen LogP contribution in [0.3, 0.4) is 0 Å². The third-order valence-corrected chi connectivity index (χ3v) is 6.47. The molecular weight excluding hydrogens is 526 g/mol. The van der Waals surface area contributed by atoms with Crippen LogP contribution >= 0.6 is 24.0 Å². The van der Waals surface area contributed by atoms with Crippen LogP contribution in [0.1, 0.15) is 33.3 Å². The molecule has 2 aliphatic heterocycles. The number of thiocarbonyl (C=S) groups is 1. The average molecular weight is 552 g/mol. The summed E-state index contributed by atoms with van der Waals surface area (Å²) in [6.45, 7) is 4.11. The molecule has 0 spiro atoms. The minimum absolute atomic E-state index is 0.0908. The number of ether oxygens (including phenoxy) is 5. The molecule has 1 amide bonds. The van der Waals surface area contributed by atoms with Crippen molar-refractivity contribution in [2.24, 2.45) is 0 Å². The monoisotopic (exact) mass is 551 g/mol. The Kier molecular flexibility index (Phi) is 9.40. The highest BCUT2D eigenvalue weighted by atomic mass is 32.2. The Morgan fingerprint density at radius 3 is 2.05 bits per heavy atom. The number of benzene rings is 1. The molecule has 11 nitrogen and oxygen atoms in total. The van der Waals surface area contributed by atoms with Gasteiger partial charge >= 0.3 is 23.9 Å². The molecule has 37 heavy (non-hydrogen) atoms. The van der Waals surface area contributed by atoms with Gasteiger partial charge in [0.1, 0.15) is 12.7 Å². The van der Waals surface area contributed by atoms with Gasteiger partial charge < -0.3 is 23.7 Å². The Morgan fingerprint density at radius 2 is 1.49 bits per heavy atom. The zero-order valence-corrected chi connectivity index (χ0v) is 22.0. The van der Waals surface area contributed by atoms with Gasteiger partial charge in [0.25, 0.3) is 5.91 Å². The molecule has 2 aliphatic rings. The highest BCUT2D eigenvalue weighted by molar-refractivity contribution is 8.26. The van der Waals surface area contributed by atoms with Gasteiger partial charge in [-0.1, -0.05) is 54.3 Å². The molecule has 2 fully saturated rings. The second kappa shape index (κ2) is 12.3. The summed E-state index contributed by atoms with van der Waals surface area (Å²) >= 11 is 6.46. The minimum atomic E-state index is -1.43. The van der Waals surface area contributed by atoms with E-state index in [1.165, 1.54) is 6.92 Å². The van der Waals surface area contributed by atoms with Crippen LogP contribution < -0.4 is 0 Å². The fraction of sp³-hybridized carbons (Fsp3) is 0.417. The number of rotatable bonds is 7. The summed E-state index contributed by atoms with van der Waals surface area (Å²) in [7, 11) is 0. The van der Waals surface area contributed by atoms with Crippen molar-refractivity contribution in [3.05, 3.63) is 40.8 Å². The molecule has 0 bridgehead atoms. The highest BCUT2D eigenvalue weighted by Crippen LogP contribution is 2.39. The number of carbonyl (C=O) groups is 5. The number of thioether (sulfide) groups is 1. The van der Waals surface area contributed by atoms with Crippen LogP contribution in [0.4, 0.5) is 0 Å². The highest BCUT2D eigenvalue weighted by Gasteiger charge is 2.56. The SMILES string of the molecule is CC(=O)OCC1OC(N2C(=O)C(=Cc3ccccc3)SC2=S)C(OC(C)=O)C(OC(C)=O)C1OC(C)=O. The maximum Gasteiger partial charge on any atom is 0.303 e. The Bertz CT molecular complexity index is 1120. The van der Waals surface area contributed by atoms with Gasteiger partial charge in [-0.15, -0.1) is 0 Å². The molecule has 2 saturated heterocycles. The molecule has 5 atom stereocenters. The summed E-state index contributed by atoms with van der Waals surface area (Å²) in [5.41, 5.74) is 0.754. The zero-order chi connectivity index (χ0) is 27.3. The van der Waals surface area contributed by atoms with Gasteiger partial charge in [0.05, 0.1) is 4.91 Å². The van der Waals surface area contributed by atoms with E-state index < -0.39 is 67.0 Å². The molecule has 0 radical (unpaired) electrons. The van der Waals surface area contributed by atoms with Crippen LogP contribution in [0.2, 0.25) is 0 Å². The van der Waals surface area contributed by atoms with Crippen molar-refractivity contribution in [1.82, 2.24) is 4.90 Å². The maximum atomic E-state index is 13.5. The third kappa shape index (κ3) is 7.14. The third-order valence-electron chi connectivity index (χ3n) is 5.14. The van der Waals surface area contributed by atoms with Crippen molar-refractivity contribution >= 4 is 64.2 Å². The van der Waals surface area contributed by atoms with Crippen LogP contribution in [-0.2, 0) is 47.7 Å². The van der Waals surface area contributed by atoms with E-state index in [-0.39, 0.29) is 9.23 Å². The lowest BCUT2D eigenvalue weighted by atomic mass is 9.96. The average Bonchev–Trinajstić information content (AvgIpc) is 3.07. The summed E-state index contributed by atoms with van der Waals surface area (Å²) < 4.78 is 27.4. The van der Waals surface area contributed by atoms with Crippen molar-refractivity contribution in [3.63, 3.8) is 0 Å². The van der Waals surface area contributed by atoms with E-state index in [9.17, 15) is 24.0 Å². The van der Waals surface area contributed by atoms with Crippen molar-refractivity contribution in [3.8, 4) is 0 Å². The molecular formula is C24H25NO10S2. The Morgan fingerprint density at radius 1 is 0.919 bits per heavy atom. The van der Waals surface area contributed by atoms with Crippen LogP contribution in [0.25, 0.3) is 6.08 Å². The van der Waals surface area contributed by atoms with Crippen molar-refractivity contribution in [2.45, 2.75) is 58.3 Å². The number of hydrogen-bond acceptors (Lipinski definition) is 12. The molecule has 13 heteroatoms. The summed E-state index contributed by atoms with van der Waals surface area (Å²) in [5.74, 6) is -3.50. The lowest BCUT2D eigenvalue weighted by Crippen LogP contribution is -2.66. The molecule has 0 aliphatic carbocycles. The molecule has 2 heterocycles. The van der Waals surface area contributed by atoms with Gasteiger partial charge in [0, 0.05) is 27.7 Å². The number of hydrogen-bond donors (Lipinski definition) is 0. The summed E-state index contributed by atoms with van der Waals surface area (Å²) in [5, 5.41) is 0. The molecule has 0 aromatic heterocycles. The van der Waals surface area contributed by atoms with Crippen LogP contribution in [0.15, 0.2) is 35.2 Å². The Labute approximate surface area is 222 Å². The normalized spacial score (nSPS) is 26.5. The smallest absolute Gasteiger partial charge is 0.303 e. The van der Waals surface area contributed by atoms with Crippen LogP contribution in [0.5, 0.6) is 0 Å². The van der Waals surface area contributed by atoms with Gasteiger partial charge in [0.15, 0.2) is 28.9 Å². The number of esters is 4. The van der Waals surface area contributed by atoms with Gasteiger partial charge in [-0.25, -0.2) is 0 Å². The fourth-order valence-corrected chi connectivity index (χ4v) is 5.12. The lowest BCUT2D eigenvalue weighted by Gasteiger charge is -2.46. The molecule has 198 valence electrons. The lowest BCUT2D eigenvalue weighted by molar-refractivity contribution is -0.268. The molecule has 3 rings (SSSR count). The second-order valence-corrected chi connectivity index (χ2v) is 9.73. The predicted molar refractivity (Wildman–Crippen MR) is 133 cm³/mol. The van der Waals surface area contributed by atoms with Gasteiger partial charge in [-0.05, 0) is 11.6 Å². The van der Waals surface area contributed by atoms with Crippen molar-refractivity contribution in [2.75, 3.05) is 6.61 Å². The summed E-state index contributed by atoms with van der Waals surface area (Å²) in [6.07, 6.45) is -5.12. The van der Waals surface area contributed by atoms with E-state index in [0.717, 1.165) is 43.0 Å². The second-order valence-electron chi connectivity index (χ2n) is 8.05.